The summed E-state index contributed by atoms with van der Waals surface area (Å²) >= 11 is 0. The van der Waals surface area contributed by atoms with Gasteiger partial charge in [0.15, 0.2) is 0 Å². The van der Waals surface area contributed by atoms with Crippen LogP contribution in [0.15, 0.2) is 4.79 Å². The van der Waals surface area contributed by atoms with Gasteiger partial charge >= 0.3 is 11.7 Å². The van der Waals surface area contributed by atoms with Crippen LogP contribution < -0.4 is 11.0 Å². The lowest BCUT2D eigenvalue weighted by molar-refractivity contribution is -0.138. The first-order valence-corrected chi connectivity index (χ1v) is 5.80. The monoisotopic (exact) mass is 267 g/mol. The number of nitrogens with one attached hydrogen (secondary N) is 1. The van der Waals surface area contributed by atoms with Crippen LogP contribution in [0.2, 0.25) is 0 Å². The molecule has 7 nitrogen and oxygen atoms in total. The van der Waals surface area contributed by atoms with E-state index >= 15 is 0 Å². The first kappa shape index (κ1) is 14.9. The number of nitrogens with zero attached hydrogens (tertiary/aromatic N) is 2. The number of carbonyl (C=O) groups is 2. The van der Waals surface area contributed by atoms with Crippen molar-refractivity contribution in [2.24, 2.45) is 0 Å². The maximum Gasteiger partial charge on any atom is 0.348 e. The molecule has 0 saturated carbocycles. The molecule has 1 amide bonds. The second-order valence-corrected chi connectivity index (χ2v) is 4.30. The molecule has 0 aliphatic carbocycles. The van der Waals surface area contributed by atoms with Crippen molar-refractivity contribution >= 4 is 11.9 Å². The van der Waals surface area contributed by atoms with Gasteiger partial charge in [0.05, 0.1) is 5.92 Å². The number of aromatic nitrogens is 2. The van der Waals surface area contributed by atoms with Gasteiger partial charge in [-0.3, -0.25) is 14.2 Å². The van der Waals surface area contributed by atoms with E-state index in [2.05, 4.69) is 10.3 Å². The largest absolute Gasteiger partial charge is 0.481 e. The van der Waals surface area contributed by atoms with Crippen molar-refractivity contribution in [1.29, 1.82) is 0 Å². The van der Waals surface area contributed by atoms with E-state index in [1.54, 1.807) is 13.8 Å². The van der Waals surface area contributed by atoms with E-state index in [4.69, 9.17) is 5.11 Å². The van der Waals surface area contributed by atoms with Gasteiger partial charge in [-0.15, -0.1) is 0 Å². The van der Waals surface area contributed by atoms with E-state index in [9.17, 15) is 14.4 Å². The van der Waals surface area contributed by atoms with Gasteiger partial charge in [0.25, 0.3) is 0 Å². The van der Waals surface area contributed by atoms with Gasteiger partial charge in [0.2, 0.25) is 5.91 Å². The highest BCUT2D eigenvalue weighted by Gasteiger charge is 2.22. The van der Waals surface area contributed by atoms with Gasteiger partial charge in [0, 0.05) is 24.0 Å². The van der Waals surface area contributed by atoms with Crippen molar-refractivity contribution < 1.29 is 14.7 Å². The average molecular weight is 267 g/mol. The molecule has 0 bridgehead atoms. The Kier molecular flexibility index (Phi) is 4.42. The normalized spacial score (nSPS) is 12.0. The summed E-state index contributed by atoms with van der Waals surface area (Å²) in [5.74, 6) is -2.13. The summed E-state index contributed by atoms with van der Waals surface area (Å²) in [5.41, 5.74) is 0.748. The minimum Gasteiger partial charge on any atom is -0.481 e. The second kappa shape index (κ2) is 5.64. The highest BCUT2D eigenvalue weighted by Crippen LogP contribution is 2.21. The van der Waals surface area contributed by atoms with Crippen LogP contribution in [0.5, 0.6) is 0 Å². The maximum atomic E-state index is 11.8. The van der Waals surface area contributed by atoms with Crippen molar-refractivity contribution in [3.8, 4) is 0 Å². The van der Waals surface area contributed by atoms with E-state index < -0.39 is 17.6 Å². The standard InChI is InChI=1S/C12H17N3O4/c1-6(11(17)18)10-7(2)14-12(19)15(8(10)3)5-9(16)13-4/h6H,5H2,1-4H3,(H,13,16)(H,17,18). The highest BCUT2D eigenvalue weighted by molar-refractivity contribution is 5.77. The Morgan fingerprint density at radius 2 is 2.00 bits per heavy atom. The number of amides is 1. The Morgan fingerprint density at radius 3 is 2.47 bits per heavy atom. The zero-order valence-corrected chi connectivity index (χ0v) is 11.4. The molecule has 104 valence electrons. The van der Waals surface area contributed by atoms with Gasteiger partial charge in [-0.1, -0.05) is 0 Å². The Labute approximate surface area is 110 Å². The summed E-state index contributed by atoms with van der Waals surface area (Å²) in [7, 11) is 1.46. The van der Waals surface area contributed by atoms with Crippen LogP contribution >= 0.6 is 0 Å². The SMILES string of the molecule is CNC(=O)Cn1c(C)c(C(C)C(=O)O)c(C)nc1=O. The summed E-state index contributed by atoms with van der Waals surface area (Å²) in [6.07, 6.45) is 0. The Hall–Kier alpha value is -2.18. The average Bonchev–Trinajstić information content (AvgIpc) is 2.33. The summed E-state index contributed by atoms with van der Waals surface area (Å²) in [6.45, 7) is 4.56. The van der Waals surface area contributed by atoms with Crippen molar-refractivity contribution in [2.45, 2.75) is 33.2 Å². The molecule has 0 saturated heterocycles. The number of carbonyl (C=O) groups excluding carboxylic acids is 1. The minimum atomic E-state index is -1.00. The zero-order valence-electron chi connectivity index (χ0n) is 11.4. The number of likely N-dealkylation sites (N-methyl/N-ethyl adjacent to an activating group) is 1. The fourth-order valence-corrected chi connectivity index (χ4v) is 1.97. The molecule has 1 heterocycles. The molecule has 0 radical (unpaired) electrons. The molecule has 0 aliphatic rings. The Balaban J connectivity index is 3.42. The highest BCUT2D eigenvalue weighted by atomic mass is 16.4. The predicted molar refractivity (Wildman–Crippen MR) is 68.1 cm³/mol. The molecule has 19 heavy (non-hydrogen) atoms. The molecule has 1 rings (SSSR count). The summed E-state index contributed by atoms with van der Waals surface area (Å²) in [5, 5.41) is 11.5. The number of rotatable bonds is 4. The number of aliphatic carboxylic acids is 1. The van der Waals surface area contributed by atoms with Crippen LogP contribution in [0, 0.1) is 13.8 Å². The number of carboxylic acid groups (broad SMARTS) is 1. The molecular formula is C12H17N3O4. The topological polar surface area (TPSA) is 101 Å². The molecular weight excluding hydrogens is 250 g/mol. The minimum absolute atomic E-state index is 0.173. The molecule has 2 N–H and O–H groups in total. The van der Waals surface area contributed by atoms with Crippen LogP contribution in [-0.4, -0.2) is 33.6 Å². The number of hydrogen-bond acceptors (Lipinski definition) is 4. The summed E-state index contributed by atoms with van der Waals surface area (Å²) in [6, 6.07) is 0. The molecule has 0 spiro atoms. The third-order valence-electron chi connectivity index (χ3n) is 3.06. The van der Waals surface area contributed by atoms with E-state index in [-0.39, 0.29) is 12.5 Å². The Bertz CT molecular complexity index is 577. The van der Waals surface area contributed by atoms with Crippen molar-refractivity contribution in [2.75, 3.05) is 7.05 Å². The number of aryl methyl sites for hydroxylation is 1. The van der Waals surface area contributed by atoms with Crippen LogP contribution in [-0.2, 0) is 16.1 Å². The first-order chi connectivity index (χ1) is 8.79. The van der Waals surface area contributed by atoms with Crippen LogP contribution in [0.4, 0.5) is 0 Å². The number of hydrogen-bond donors (Lipinski definition) is 2. The molecule has 1 atom stereocenters. The van der Waals surface area contributed by atoms with Crippen molar-refractivity contribution in [1.82, 2.24) is 14.9 Å². The van der Waals surface area contributed by atoms with E-state index in [1.165, 1.54) is 18.5 Å². The first-order valence-electron chi connectivity index (χ1n) is 5.80. The summed E-state index contributed by atoms with van der Waals surface area (Å²) < 4.78 is 1.18. The van der Waals surface area contributed by atoms with E-state index in [1.807, 2.05) is 0 Å². The Morgan fingerprint density at radius 1 is 1.42 bits per heavy atom. The lowest BCUT2D eigenvalue weighted by Gasteiger charge is -2.17. The smallest absolute Gasteiger partial charge is 0.348 e. The lowest BCUT2D eigenvalue weighted by Crippen LogP contribution is -2.35. The second-order valence-electron chi connectivity index (χ2n) is 4.30. The fraction of sp³-hybridized carbons (Fsp3) is 0.500. The third kappa shape index (κ3) is 2.98. The molecule has 7 heteroatoms. The van der Waals surface area contributed by atoms with Gasteiger partial charge in [-0.05, 0) is 20.8 Å². The third-order valence-corrected chi connectivity index (χ3v) is 3.06. The quantitative estimate of drug-likeness (QED) is 0.786. The van der Waals surface area contributed by atoms with Gasteiger partial charge in [0.1, 0.15) is 6.54 Å². The predicted octanol–water partition coefficient (Wildman–Crippen LogP) is -0.206. The van der Waals surface area contributed by atoms with Crippen LogP contribution in [0.1, 0.15) is 29.8 Å². The maximum absolute atomic E-state index is 11.8. The summed E-state index contributed by atoms with van der Waals surface area (Å²) in [4.78, 5) is 38.0. The molecule has 1 aromatic rings. The van der Waals surface area contributed by atoms with Crippen LogP contribution in [0.25, 0.3) is 0 Å². The van der Waals surface area contributed by atoms with Gasteiger partial charge in [-0.25, -0.2) is 4.79 Å². The van der Waals surface area contributed by atoms with E-state index in [0.717, 1.165) is 0 Å². The number of carboxylic acids is 1. The fourth-order valence-electron chi connectivity index (χ4n) is 1.97. The zero-order chi connectivity index (χ0) is 14.7. The van der Waals surface area contributed by atoms with Gasteiger partial charge < -0.3 is 10.4 Å². The lowest BCUT2D eigenvalue weighted by atomic mass is 9.98. The van der Waals surface area contributed by atoms with Crippen molar-refractivity contribution in [3.63, 3.8) is 0 Å². The molecule has 0 fully saturated rings. The molecule has 1 aromatic heterocycles. The molecule has 1 unspecified atom stereocenters. The molecule has 0 aliphatic heterocycles. The van der Waals surface area contributed by atoms with E-state index in [0.29, 0.717) is 17.0 Å². The molecule has 0 aromatic carbocycles. The van der Waals surface area contributed by atoms with Crippen molar-refractivity contribution in [3.05, 3.63) is 27.4 Å². The van der Waals surface area contributed by atoms with Gasteiger partial charge in [-0.2, -0.15) is 4.98 Å². The van der Waals surface area contributed by atoms with Crippen LogP contribution in [0.3, 0.4) is 0 Å².